The predicted molar refractivity (Wildman–Crippen MR) is 407 cm³/mol. The highest BCUT2D eigenvalue weighted by Gasteiger charge is 2.40. The molecule has 11 heterocycles. The van der Waals surface area contributed by atoms with Gasteiger partial charge in [-0.05, 0) is 221 Å². The summed E-state index contributed by atoms with van der Waals surface area (Å²) in [7, 11) is 17.2. The summed E-state index contributed by atoms with van der Waals surface area (Å²) in [6, 6.07) is 6.04. The predicted octanol–water partition coefficient (Wildman–Crippen LogP) is 9.67. The van der Waals surface area contributed by atoms with Gasteiger partial charge >= 0.3 is 0 Å². The summed E-state index contributed by atoms with van der Waals surface area (Å²) < 4.78 is 29.3. The molecule has 3 aliphatic carbocycles. The first-order chi connectivity index (χ1) is 41.2. The maximum Gasteiger partial charge on any atom is 0.254 e. The fraction of sp³-hybridized carbons (Fsp3) is 0.904. The average molecular weight is 1360 g/mol. The van der Waals surface area contributed by atoms with Gasteiger partial charge in [-0.15, -0.1) is 11.3 Å². The van der Waals surface area contributed by atoms with E-state index in [0.717, 1.165) is 73.2 Å². The molecular weight excluding hydrogens is 1200 g/mol. The van der Waals surface area contributed by atoms with Gasteiger partial charge in [0, 0.05) is 146 Å². The number of rotatable bonds is 9. The fourth-order valence-electron chi connectivity index (χ4n) is 14.7. The number of aromatic nitrogens is 1. The van der Waals surface area contributed by atoms with E-state index >= 15 is 0 Å². The first-order valence-electron chi connectivity index (χ1n) is 33.9. The van der Waals surface area contributed by atoms with Crippen LogP contribution in [-0.2, 0) is 0 Å². The van der Waals surface area contributed by atoms with Crippen molar-refractivity contribution in [3.05, 3.63) is 40.7 Å². The van der Waals surface area contributed by atoms with Crippen molar-refractivity contribution in [1.29, 1.82) is 0 Å². The van der Waals surface area contributed by atoms with Crippen LogP contribution >= 0.6 is 11.3 Å². The van der Waals surface area contributed by atoms with Crippen LogP contribution in [0.2, 0.25) is 0 Å². The minimum atomic E-state index is -2.23. The molecule has 1 spiro atoms. The molecule has 18 nitrogen and oxygen atoms in total. The monoisotopic (exact) mass is 1360 g/mol. The Morgan fingerprint density at radius 1 is 0.521 bits per heavy atom. The van der Waals surface area contributed by atoms with Gasteiger partial charge in [0.05, 0.1) is 24.4 Å². The highest BCUT2D eigenvalue weighted by atomic mass is 32.1. The molecule has 2 aromatic heterocycles. The van der Waals surface area contributed by atoms with Crippen LogP contribution in [0.25, 0.3) is 0 Å². The van der Waals surface area contributed by atoms with Gasteiger partial charge in [-0.25, -0.2) is 13.8 Å². The lowest BCUT2D eigenvalue weighted by Crippen LogP contribution is -2.62. The number of hydrogen-bond acceptors (Lipinski definition) is 19. The molecule has 14 rings (SSSR count). The topological polar surface area (TPSA) is 195 Å². The molecule has 0 aromatic carbocycles. The Morgan fingerprint density at radius 2 is 1.02 bits per heavy atom. The van der Waals surface area contributed by atoms with Crippen molar-refractivity contribution >= 4 is 11.3 Å². The molecule has 0 radical (unpaired) electrons. The highest BCUT2D eigenvalue weighted by molar-refractivity contribution is 7.09. The number of likely N-dealkylation sites (tertiary alicyclic amines) is 4. The Hall–Kier alpha value is -1.87. The van der Waals surface area contributed by atoms with Crippen LogP contribution in [-0.4, -0.2) is 285 Å². The van der Waals surface area contributed by atoms with Crippen LogP contribution in [0.5, 0.6) is 0 Å². The third-order valence-electron chi connectivity index (χ3n) is 21.1. The first-order valence-corrected chi connectivity index (χ1v) is 34.8. The summed E-state index contributed by atoms with van der Waals surface area (Å²) in [4.78, 5) is 25.5. The van der Waals surface area contributed by atoms with Crippen molar-refractivity contribution in [2.24, 2.45) is 58.4 Å². The van der Waals surface area contributed by atoms with Gasteiger partial charge < -0.3 is 87.4 Å². The molecule has 21 heteroatoms. The number of likely N-dealkylation sites (N-methyl/N-ethyl adjacent to an activating group) is 4. The number of nitrogens with two attached hydrogens (primary N) is 4. The number of fused-ring (bicyclic) bond motifs is 2. The van der Waals surface area contributed by atoms with Gasteiger partial charge in [0.1, 0.15) is 10.8 Å². The van der Waals surface area contributed by atoms with Crippen molar-refractivity contribution in [3.8, 4) is 0 Å². The number of furan rings is 1. The molecule has 12 fully saturated rings. The first kappa shape index (κ1) is 94.2. The molecule has 0 amide bonds. The zero-order valence-corrected chi connectivity index (χ0v) is 56.2. The minimum Gasteiger partial charge on any atom is -0.468 e. The second kappa shape index (κ2) is 48.0. The Kier molecular flexibility index (Phi) is 48.1. The summed E-state index contributed by atoms with van der Waals surface area (Å²) in [5.74, 6) is 5.40. The molecule has 12 atom stereocenters. The van der Waals surface area contributed by atoms with Crippen molar-refractivity contribution in [2.45, 2.75) is 204 Å². The Balaban J connectivity index is 0. The summed E-state index contributed by atoms with van der Waals surface area (Å²) in [6.07, 6.45) is 18.9. The lowest BCUT2D eigenvalue weighted by molar-refractivity contribution is 0.0644. The Bertz CT molecular complexity index is 2030. The highest BCUT2D eigenvalue weighted by Crippen LogP contribution is 2.38. The molecule has 3 saturated carbocycles. The Labute approximate surface area is 583 Å². The molecule has 9 saturated heterocycles. The maximum absolute atomic E-state index is 12.0. The van der Waals surface area contributed by atoms with E-state index in [1.807, 2.05) is 35.7 Å². The van der Waals surface area contributed by atoms with Crippen LogP contribution < -0.4 is 38.9 Å². The van der Waals surface area contributed by atoms with Crippen LogP contribution in [0.15, 0.2) is 34.4 Å². The van der Waals surface area contributed by atoms with E-state index in [2.05, 4.69) is 116 Å². The van der Waals surface area contributed by atoms with Crippen LogP contribution in [0.1, 0.15) is 173 Å². The summed E-state index contributed by atoms with van der Waals surface area (Å²) in [5.41, 5.74) is 25.1. The molecular formula is C73H157F2N17OS. The van der Waals surface area contributed by atoms with Gasteiger partial charge in [0.15, 0.2) is 0 Å². The third-order valence-corrected chi connectivity index (χ3v) is 22.0. The summed E-state index contributed by atoms with van der Waals surface area (Å²) >= 11 is 1.66. The number of alkyl halides is 2. The van der Waals surface area contributed by atoms with Crippen LogP contribution in [0.4, 0.5) is 8.78 Å². The molecule has 9 aliphatic heterocycles. The van der Waals surface area contributed by atoms with E-state index < -0.39 is 12.5 Å². The lowest BCUT2D eigenvalue weighted by atomic mass is 9.75. The van der Waals surface area contributed by atoms with E-state index in [1.54, 1.807) is 17.6 Å². The summed E-state index contributed by atoms with van der Waals surface area (Å²) in [5, 5.41) is 12.8. The molecule has 560 valence electrons. The van der Waals surface area contributed by atoms with Crippen LogP contribution in [0.3, 0.4) is 0 Å². The van der Waals surface area contributed by atoms with E-state index in [9.17, 15) is 8.78 Å². The van der Waals surface area contributed by atoms with E-state index in [4.69, 9.17) is 27.4 Å². The fourth-order valence-corrected chi connectivity index (χ4v) is 15.4. The van der Waals surface area contributed by atoms with E-state index in [1.165, 1.54) is 175 Å². The quantitative estimate of drug-likeness (QED) is 0.125. The average Bonchev–Trinajstić information content (AvgIpc) is 1.35. The Morgan fingerprint density at radius 3 is 1.38 bits per heavy atom. The number of hydrogen-bond donors (Lipinski definition) is 7. The standard InChI is InChI=1S/C10H16N2O.C10H20N2.C9H15N3S.C9H18N2.C8H16N2.C7H14N2.C6H12F2N2.C6H14N2.8CH4/c1-12-5-4-8(7-12)10(11)9-3-2-6-13-9;1-12-6-5-9(7-12)10(11)8-3-2-4-8;1-12-4-2-7(6-12)8(10)9-11-3-5-13-9;1-11-5-4-8(6-11)9(10)7-2-3-7;1-10-6-5-9-8(7-10)3-2-4-8;1-8-4-5-9-3-2-7(8)6-9;1-10-3-2-9-5(4-10)6(7)8;1-6-5-8(2)4-3-7-6;;;;;;;;/h2-3,6,8,10H,4-5,7,11H2,1H3;8-10H,2-7,11H2,1H3;3,5,7-8H,2,4,6,10H2,1H3;7-9H,2-6,10H2,1H3;9H,2-7H2,1H3;7H,2-6H2,1H3;5-6,9H,2-4H2,1H3;6-7H,3-5H2,1-2H3;8*1H4. The summed E-state index contributed by atoms with van der Waals surface area (Å²) in [6.45, 7) is 26.2. The molecule has 11 N–H and O–H groups in total. The zero-order chi connectivity index (χ0) is 61.8. The van der Waals surface area contributed by atoms with Crippen LogP contribution in [0, 0.1) is 35.5 Å². The van der Waals surface area contributed by atoms with Gasteiger partial charge in [0.2, 0.25) is 0 Å². The minimum absolute atomic E-state index is 0. The second-order valence-corrected chi connectivity index (χ2v) is 29.6. The zero-order valence-electron chi connectivity index (χ0n) is 55.4. The van der Waals surface area contributed by atoms with Crippen molar-refractivity contribution in [1.82, 2.24) is 65.0 Å². The molecule has 12 aliphatic rings. The normalized spacial score (nSPS) is 29.5. The lowest BCUT2D eigenvalue weighted by Gasteiger charge is -2.48. The smallest absolute Gasteiger partial charge is 0.254 e. The van der Waals surface area contributed by atoms with E-state index in [-0.39, 0.29) is 71.5 Å². The van der Waals surface area contributed by atoms with Gasteiger partial charge in [0.25, 0.3) is 6.43 Å². The molecule has 94 heavy (non-hydrogen) atoms. The van der Waals surface area contributed by atoms with Crippen molar-refractivity contribution in [3.63, 3.8) is 0 Å². The maximum atomic E-state index is 12.0. The third kappa shape index (κ3) is 31.3. The van der Waals surface area contributed by atoms with Gasteiger partial charge in [-0.1, -0.05) is 65.8 Å². The second-order valence-electron chi connectivity index (χ2n) is 28.7. The SMILES string of the molecule is C.C.C.C.C.C.C.C.CC1CN(C)CCN1.CN1CCC(C(N)C2CC2)C1.CN1CCC(C(N)C2CCC2)C1.CN1CCC(C(N)c2ccco2)C1.CN1CCC(C(N)c2nccs2)C1.CN1CCN2CCC1C2.CN1CCNC(C(F)F)C1.CN1CCNC2(CCC2)C1. The van der Waals surface area contributed by atoms with Gasteiger partial charge in [-0.3, -0.25) is 0 Å². The van der Waals surface area contributed by atoms with Crippen molar-refractivity contribution in [2.75, 3.05) is 194 Å². The largest absolute Gasteiger partial charge is 0.468 e. The van der Waals surface area contributed by atoms with Crippen molar-refractivity contribution < 1.29 is 13.2 Å². The molecule has 2 aromatic rings. The number of nitrogens with zero attached hydrogens (tertiary/aromatic N) is 10. The van der Waals surface area contributed by atoms with Gasteiger partial charge in [-0.2, -0.15) is 0 Å². The number of piperazine rings is 4. The number of nitrogens with one attached hydrogen (secondary N) is 3. The number of thiazole rings is 1. The van der Waals surface area contributed by atoms with E-state index in [0.29, 0.717) is 48.6 Å². The number of halogens is 2. The molecule has 2 bridgehead atoms. The molecule has 12 unspecified atom stereocenters.